The van der Waals surface area contributed by atoms with Gasteiger partial charge in [-0.1, -0.05) is 30.0 Å². The van der Waals surface area contributed by atoms with Gasteiger partial charge >= 0.3 is 0 Å². The van der Waals surface area contributed by atoms with Gasteiger partial charge in [0.2, 0.25) is 0 Å². The Morgan fingerprint density at radius 3 is 2.64 bits per heavy atom. The third-order valence-electron chi connectivity index (χ3n) is 4.09. The van der Waals surface area contributed by atoms with Gasteiger partial charge in [-0.05, 0) is 38.5 Å². The van der Waals surface area contributed by atoms with E-state index in [-0.39, 0.29) is 0 Å². The van der Waals surface area contributed by atoms with Crippen molar-refractivity contribution in [2.24, 2.45) is 4.99 Å². The van der Waals surface area contributed by atoms with Gasteiger partial charge in [0.25, 0.3) is 0 Å². The van der Waals surface area contributed by atoms with Gasteiger partial charge in [0.15, 0.2) is 5.17 Å². The maximum absolute atomic E-state index is 5.04. The molecule has 2 N–H and O–H groups in total. The summed E-state index contributed by atoms with van der Waals surface area (Å²) in [5.41, 5.74) is 12.3. The molecule has 1 aliphatic heterocycles. The first-order chi connectivity index (χ1) is 12.2. The van der Waals surface area contributed by atoms with Crippen LogP contribution in [0, 0.1) is 13.8 Å². The van der Waals surface area contributed by atoms with E-state index in [0.717, 1.165) is 30.4 Å². The normalized spacial score (nSPS) is 15.6. The lowest BCUT2D eigenvalue weighted by molar-refractivity contribution is 0.197. The Balaban J connectivity index is 1.77. The molecule has 1 aromatic heterocycles. The number of ether oxygens (including phenoxy) is 1. The number of hydrazine groups is 1. The third-order valence-corrected chi connectivity index (χ3v) is 4.90. The number of amidine groups is 1. The molecule has 0 amide bonds. The Morgan fingerprint density at radius 1 is 1.16 bits per heavy atom. The number of hydrogen-bond donors (Lipinski definition) is 2. The van der Waals surface area contributed by atoms with Crippen LogP contribution < -0.4 is 10.9 Å². The predicted molar refractivity (Wildman–Crippen MR) is 106 cm³/mol. The summed E-state index contributed by atoms with van der Waals surface area (Å²) < 4.78 is 7.32. The summed E-state index contributed by atoms with van der Waals surface area (Å²) >= 11 is 1.61. The van der Waals surface area contributed by atoms with E-state index in [0.29, 0.717) is 0 Å². The van der Waals surface area contributed by atoms with Crippen molar-refractivity contribution in [3.63, 3.8) is 0 Å². The van der Waals surface area contributed by atoms with Crippen LogP contribution in [0.1, 0.15) is 23.4 Å². The van der Waals surface area contributed by atoms with Gasteiger partial charge in [0.05, 0.1) is 5.70 Å². The van der Waals surface area contributed by atoms with E-state index in [9.17, 15) is 0 Å². The van der Waals surface area contributed by atoms with Crippen molar-refractivity contribution >= 4 is 22.6 Å². The van der Waals surface area contributed by atoms with E-state index >= 15 is 0 Å². The first-order valence-corrected chi connectivity index (χ1v) is 9.25. The number of nitrogens with one attached hydrogen (secondary N) is 2. The number of thioether (sulfide) groups is 1. The Bertz CT molecular complexity index is 780. The van der Waals surface area contributed by atoms with Gasteiger partial charge in [0.1, 0.15) is 0 Å². The highest BCUT2D eigenvalue weighted by molar-refractivity contribution is 8.16. The van der Waals surface area contributed by atoms with Crippen LogP contribution in [0.2, 0.25) is 0 Å². The molecular formula is C19H24N4OS. The molecule has 1 aromatic carbocycles. The molecule has 0 aliphatic carbocycles. The van der Waals surface area contributed by atoms with Crippen LogP contribution in [0.15, 0.2) is 46.8 Å². The van der Waals surface area contributed by atoms with E-state index in [2.05, 4.69) is 70.0 Å². The van der Waals surface area contributed by atoms with Crippen LogP contribution in [0.3, 0.4) is 0 Å². The molecule has 6 heteroatoms. The SMILES string of the molecule is COCCCN=C1NNC(c2cc(C)n(-c3ccccc3)c2C)=CS1. The fourth-order valence-electron chi connectivity index (χ4n) is 2.90. The Morgan fingerprint density at radius 2 is 1.96 bits per heavy atom. The standard InChI is InChI=1S/C19H24N4OS/c1-14-12-17(15(2)23(14)16-8-5-4-6-9-16)18-13-25-19(22-21-18)20-10-7-11-24-3/h4-6,8-9,12-13,21H,7,10-11H2,1-3H3,(H,20,22). The molecule has 2 aromatic rings. The van der Waals surface area contributed by atoms with Gasteiger partial charge in [-0.2, -0.15) is 0 Å². The molecule has 1 aliphatic rings. The summed E-state index contributed by atoms with van der Waals surface area (Å²) in [6.07, 6.45) is 0.928. The molecule has 0 fully saturated rings. The Labute approximate surface area is 153 Å². The Kier molecular flexibility index (Phi) is 5.83. The maximum atomic E-state index is 5.04. The van der Waals surface area contributed by atoms with E-state index in [4.69, 9.17) is 4.74 Å². The fraction of sp³-hybridized carbons (Fsp3) is 0.316. The highest BCUT2D eigenvalue weighted by Gasteiger charge is 2.17. The average Bonchev–Trinajstić information content (AvgIpc) is 2.94. The molecule has 0 atom stereocenters. The summed E-state index contributed by atoms with van der Waals surface area (Å²) in [6, 6.07) is 12.6. The molecule has 132 valence electrons. The molecule has 0 spiro atoms. The molecule has 5 nitrogen and oxygen atoms in total. The predicted octanol–water partition coefficient (Wildman–Crippen LogP) is 3.63. The summed E-state index contributed by atoms with van der Waals surface area (Å²) in [5.74, 6) is 0. The zero-order valence-electron chi connectivity index (χ0n) is 14.9. The number of nitrogens with zero attached hydrogens (tertiary/aromatic N) is 2. The van der Waals surface area contributed by atoms with E-state index in [1.54, 1.807) is 18.9 Å². The average molecular weight is 356 g/mol. The van der Waals surface area contributed by atoms with Gasteiger partial charge in [-0.3, -0.25) is 15.8 Å². The van der Waals surface area contributed by atoms with E-state index < -0.39 is 0 Å². The minimum Gasteiger partial charge on any atom is -0.385 e. The summed E-state index contributed by atoms with van der Waals surface area (Å²) in [5, 5.41) is 3.00. The first kappa shape index (κ1) is 17.6. The molecular weight excluding hydrogens is 332 g/mol. The highest BCUT2D eigenvalue weighted by Crippen LogP contribution is 2.27. The van der Waals surface area contributed by atoms with Crippen molar-refractivity contribution in [1.29, 1.82) is 0 Å². The lowest BCUT2D eigenvalue weighted by atomic mass is 10.2. The number of aliphatic imine (C=N–C) groups is 1. The van der Waals surface area contributed by atoms with Crippen molar-refractivity contribution < 1.29 is 4.74 Å². The van der Waals surface area contributed by atoms with Gasteiger partial charge in [-0.15, -0.1) is 0 Å². The van der Waals surface area contributed by atoms with E-state index in [1.165, 1.54) is 22.6 Å². The van der Waals surface area contributed by atoms with Crippen LogP contribution >= 0.6 is 11.8 Å². The molecule has 0 bridgehead atoms. The second-order valence-electron chi connectivity index (χ2n) is 5.89. The number of benzene rings is 1. The van der Waals surface area contributed by atoms with Crippen LogP contribution in [0.25, 0.3) is 11.4 Å². The van der Waals surface area contributed by atoms with Crippen LogP contribution in [0.5, 0.6) is 0 Å². The lowest BCUT2D eigenvalue weighted by Gasteiger charge is -2.19. The lowest BCUT2D eigenvalue weighted by Crippen LogP contribution is -2.37. The maximum Gasteiger partial charge on any atom is 0.179 e. The first-order valence-electron chi connectivity index (χ1n) is 8.37. The number of rotatable bonds is 6. The summed E-state index contributed by atoms with van der Waals surface area (Å²) in [7, 11) is 1.71. The van der Waals surface area contributed by atoms with Gasteiger partial charge in [-0.25, -0.2) is 0 Å². The molecule has 3 rings (SSSR count). The zero-order chi connectivity index (χ0) is 17.6. The van der Waals surface area contributed by atoms with Gasteiger partial charge in [0, 0.05) is 48.3 Å². The van der Waals surface area contributed by atoms with Crippen molar-refractivity contribution in [2.75, 3.05) is 20.3 Å². The topological polar surface area (TPSA) is 50.6 Å². The molecule has 25 heavy (non-hydrogen) atoms. The number of hydrogen-bond acceptors (Lipinski definition) is 4. The quantitative estimate of drug-likeness (QED) is 0.776. The summed E-state index contributed by atoms with van der Waals surface area (Å²) in [4.78, 5) is 4.52. The van der Waals surface area contributed by atoms with Gasteiger partial charge < -0.3 is 9.30 Å². The molecule has 0 radical (unpaired) electrons. The number of aryl methyl sites for hydroxylation is 1. The minimum absolute atomic E-state index is 0.738. The zero-order valence-corrected chi connectivity index (χ0v) is 15.7. The third kappa shape index (κ3) is 4.08. The number of methoxy groups -OCH3 is 1. The molecule has 0 saturated carbocycles. The van der Waals surface area contributed by atoms with Crippen molar-refractivity contribution in [3.8, 4) is 5.69 Å². The second kappa shape index (κ2) is 8.27. The molecule has 0 saturated heterocycles. The number of aromatic nitrogens is 1. The summed E-state index contributed by atoms with van der Waals surface area (Å²) in [6.45, 7) is 5.78. The Hall–Kier alpha value is -2.18. The van der Waals surface area contributed by atoms with Crippen molar-refractivity contribution in [2.45, 2.75) is 20.3 Å². The van der Waals surface area contributed by atoms with Crippen LogP contribution in [-0.4, -0.2) is 30.0 Å². The largest absolute Gasteiger partial charge is 0.385 e. The molecule has 0 unspecified atom stereocenters. The van der Waals surface area contributed by atoms with Crippen LogP contribution in [-0.2, 0) is 4.74 Å². The number of para-hydroxylation sites is 1. The van der Waals surface area contributed by atoms with Crippen LogP contribution in [0.4, 0.5) is 0 Å². The van der Waals surface area contributed by atoms with Crippen molar-refractivity contribution in [3.05, 3.63) is 58.8 Å². The second-order valence-corrected chi connectivity index (χ2v) is 6.75. The van der Waals surface area contributed by atoms with E-state index in [1.807, 2.05) is 6.07 Å². The fourth-order valence-corrected chi connectivity index (χ4v) is 3.59. The smallest absolute Gasteiger partial charge is 0.179 e. The monoisotopic (exact) mass is 356 g/mol. The minimum atomic E-state index is 0.738. The molecule has 2 heterocycles. The highest BCUT2D eigenvalue weighted by atomic mass is 32.2. The van der Waals surface area contributed by atoms with Crippen molar-refractivity contribution in [1.82, 2.24) is 15.4 Å².